The Hall–Kier alpha value is -1.64. The van der Waals surface area contributed by atoms with Crippen LogP contribution in [0.15, 0.2) is 29.2 Å². The number of piperidine rings is 1. The van der Waals surface area contributed by atoms with Gasteiger partial charge in [-0.25, -0.2) is 8.42 Å². The van der Waals surface area contributed by atoms with Gasteiger partial charge < -0.3 is 14.8 Å². The van der Waals surface area contributed by atoms with Crippen LogP contribution in [0, 0.1) is 5.92 Å². The molecule has 3 rings (SSSR count). The van der Waals surface area contributed by atoms with E-state index in [9.17, 15) is 13.2 Å². The van der Waals surface area contributed by atoms with E-state index in [-0.39, 0.29) is 22.8 Å². The van der Waals surface area contributed by atoms with Gasteiger partial charge in [-0.2, -0.15) is 4.31 Å². The van der Waals surface area contributed by atoms with Gasteiger partial charge in [0.15, 0.2) is 0 Å². The molecule has 1 atom stereocenters. The first kappa shape index (κ1) is 20.1. The van der Waals surface area contributed by atoms with Gasteiger partial charge in [0.05, 0.1) is 17.6 Å². The predicted molar refractivity (Wildman–Crippen MR) is 101 cm³/mol. The van der Waals surface area contributed by atoms with Crippen molar-refractivity contribution in [2.75, 3.05) is 32.8 Å². The van der Waals surface area contributed by atoms with Crippen LogP contribution in [0.25, 0.3) is 0 Å². The topological polar surface area (TPSA) is 84.9 Å². The van der Waals surface area contributed by atoms with E-state index in [4.69, 9.17) is 9.47 Å². The average Bonchev–Trinajstić information content (AvgIpc) is 3.20. The molecule has 1 amide bonds. The van der Waals surface area contributed by atoms with Crippen molar-refractivity contribution in [3.8, 4) is 5.75 Å². The zero-order chi connectivity index (χ0) is 19.3. The Morgan fingerprint density at radius 3 is 2.52 bits per heavy atom. The number of ether oxygens (including phenoxy) is 2. The smallest absolute Gasteiger partial charge is 0.243 e. The summed E-state index contributed by atoms with van der Waals surface area (Å²) in [6.45, 7) is 4.44. The standard InChI is InChI=1S/C19H28N2O5S/c1-2-25-16-5-7-18(8-6-16)27(23,24)21-11-9-15(10-12-21)19(22)20-14-17-4-3-13-26-17/h5-8,15,17H,2-4,9-14H2,1H3,(H,20,22)/t17-/m1/s1. The third-order valence-corrected chi connectivity index (χ3v) is 7.04. The highest BCUT2D eigenvalue weighted by Crippen LogP contribution is 2.25. The van der Waals surface area contributed by atoms with E-state index in [0.29, 0.717) is 44.8 Å². The Morgan fingerprint density at radius 1 is 1.22 bits per heavy atom. The Kier molecular flexibility index (Phi) is 6.73. The van der Waals surface area contributed by atoms with E-state index >= 15 is 0 Å². The Balaban J connectivity index is 1.51. The van der Waals surface area contributed by atoms with Gasteiger partial charge in [-0.1, -0.05) is 0 Å². The van der Waals surface area contributed by atoms with Crippen LogP contribution in [-0.2, 0) is 19.6 Å². The molecular weight excluding hydrogens is 368 g/mol. The van der Waals surface area contributed by atoms with Gasteiger partial charge in [0.25, 0.3) is 0 Å². The molecule has 0 radical (unpaired) electrons. The van der Waals surface area contributed by atoms with Crippen molar-refractivity contribution in [3.05, 3.63) is 24.3 Å². The zero-order valence-electron chi connectivity index (χ0n) is 15.7. The van der Waals surface area contributed by atoms with Crippen molar-refractivity contribution in [1.29, 1.82) is 0 Å². The fourth-order valence-electron chi connectivity index (χ4n) is 3.55. The summed E-state index contributed by atoms with van der Waals surface area (Å²) in [4.78, 5) is 12.6. The number of sulfonamides is 1. The van der Waals surface area contributed by atoms with E-state index in [1.54, 1.807) is 24.3 Å². The minimum absolute atomic E-state index is 0.00335. The van der Waals surface area contributed by atoms with Crippen molar-refractivity contribution in [1.82, 2.24) is 9.62 Å². The van der Waals surface area contributed by atoms with Gasteiger partial charge in [-0.15, -0.1) is 0 Å². The summed E-state index contributed by atoms with van der Waals surface area (Å²) in [5.74, 6) is 0.514. The largest absolute Gasteiger partial charge is 0.494 e. The van der Waals surface area contributed by atoms with Crippen molar-refractivity contribution in [2.45, 2.75) is 43.6 Å². The van der Waals surface area contributed by atoms with Crippen molar-refractivity contribution in [3.63, 3.8) is 0 Å². The van der Waals surface area contributed by atoms with Crippen molar-refractivity contribution >= 4 is 15.9 Å². The first-order chi connectivity index (χ1) is 13.0. The molecule has 0 bridgehead atoms. The van der Waals surface area contributed by atoms with Crippen LogP contribution in [0.2, 0.25) is 0 Å². The number of nitrogens with one attached hydrogen (secondary N) is 1. The Labute approximate surface area is 161 Å². The van der Waals surface area contributed by atoms with Crippen LogP contribution < -0.4 is 10.1 Å². The minimum atomic E-state index is -3.54. The molecular formula is C19H28N2O5S. The van der Waals surface area contributed by atoms with Gasteiger partial charge in [0, 0.05) is 32.2 Å². The fraction of sp³-hybridized carbons (Fsp3) is 0.632. The van der Waals surface area contributed by atoms with Crippen LogP contribution >= 0.6 is 0 Å². The number of benzene rings is 1. The van der Waals surface area contributed by atoms with E-state index in [2.05, 4.69) is 5.32 Å². The highest BCUT2D eigenvalue weighted by Gasteiger charge is 2.32. The Morgan fingerprint density at radius 2 is 1.93 bits per heavy atom. The van der Waals surface area contributed by atoms with Crippen LogP contribution in [-0.4, -0.2) is 57.6 Å². The molecule has 0 spiro atoms. The summed E-state index contributed by atoms with van der Waals surface area (Å²) in [5.41, 5.74) is 0. The molecule has 2 fully saturated rings. The molecule has 1 N–H and O–H groups in total. The quantitative estimate of drug-likeness (QED) is 0.759. The second kappa shape index (κ2) is 9.03. The number of carbonyl (C=O) groups is 1. The first-order valence-corrected chi connectivity index (χ1v) is 11.1. The summed E-state index contributed by atoms with van der Waals surface area (Å²) in [6, 6.07) is 6.48. The molecule has 2 aliphatic heterocycles. The molecule has 0 unspecified atom stereocenters. The summed E-state index contributed by atoms with van der Waals surface area (Å²) in [7, 11) is -3.54. The van der Waals surface area contributed by atoms with E-state index < -0.39 is 10.0 Å². The molecule has 2 aliphatic rings. The van der Waals surface area contributed by atoms with Gasteiger partial charge in [0.1, 0.15) is 5.75 Å². The first-order valence-electron chi connectivity index (χ1n) is 9.63. The lowest BCUT2D eigenvalue weighted by atomic mass is 9.97. The SMILES string of the molecule is CCOc1ccc(S(=O)(=O)N2CCC(C(=O)NC[C@H]3CCCO3)CC2)cc1. The molecule has 27 heavy (non-hydrogen) atoms. The fourth-order valence-corrected chi connectivity index (χ4v) is 5.02. The maximum Gasteiger partial charge on any atom is 0.243 e. The highest BCUT2D eigenvalue weighted by atomic mass is 32.2. The Bertz CT molecular complexity index is 721. The molecule has 1 aromatic carbocycles. The third kappa shape index (κ3) is 5.00. The van der Waals surface area contributed by atoms with Gasteiger partial charge in [-0.05, 0) is 56.9 Å². The number of hydrogen-bond acceptors (Lipinski definition) is 5. The molecule has 2 heterocycles. The average molecular weight is 397 g/mol. The van der Waals surface area contributed by atoms with Crippen LogP contribution in [0.1, 0.15) is 32.6 Å². The lowest BCUT2D eigenvalue weighted by Gasteiger charge is -2.30. The maximum atomic E-state index is 12.8. The van der Waals surface area contributed by atoms with Crippen molar-refractivity contribution in [2.24, 2.45) is 5.92 Å². The van der Waals surface area contributed by atoms with Gasteiger partial charge >= 0.3 is 0 Å². The van der Waals surface area contributed by atoms with Gasteiger partial charge in [-0.3, -0.25) is 4.79 Å². The molecule has 7 nitrogen and oxygen atoms in total. The summed E-state index contributed by atoms with van der Waals surface area (Å²) in [5, 5.41) is 2.95. The van der Waals surface area contributed by atoms with E-state index in [1.165, 1.54) is 4.31 Å². The van der Waals surface area contributed by atoms with Crippen LogP contribution in [0.4, 0.5) is 0 Å². The maximum absolute atomic E-state index is 12.8. The lowest BCUT2D eigenvalue weighted by Crippen LogP contribution is -2.44. The van der Waals surface area contributed by atoms with E-state index in [1.807, 2.05) is 6.92 Å². The number of rotatable bonds is 7. The number of hydrogen-bond donors (Lipinski definition) is 1. The number of carbonyl (C=O) groups excluding carboxylic acids is 1. The molecule has 1 aromatic rings. The zero-order valence-corrected chi connectivity index (χ0v) is 16.5. The predicted octanol–water partition coefficient (Wildman–Crippen LogP) is 1.78. The highest BCUT2D eigenvalue weighted by molar-refractivity contribution is 7.89. The van der Waals surface area contributed by atoms with Crippen LogP contribution in [0.5, 0.6) is 5.75 Å². The second-order valence-corrected chi connectivity index (χ2v) is 8.90. The van der Waals surface area contributed by atoms with Crippen LogP contribution in [0.3, 0.4) is 0 Å². The molecule has 2 saturated heterocycles. The van der Waals surface area contributed by atoms with Gasteiger partial charge in [0.2, 0.25) is 15.9 Å². The lowest BCUT2D eigenvalue weighted by molar-refractivity contribution is -0.126. The second-order valence-electron chi connectivity index (χ2n) is 6.96. The van der Waals surface area contributed by atoms with Crippen molar-refractivity contribution < 1.29 is 22.7 Å². The molecule has 0 saturated carbocycles. The molecule has 0 aliphatic carbocycles. The summed E-state index contributed by atoms with van der Waals surface area (Å²) < 4.78 is 37.9. The summed E-state index contributed by atoms with van der Waals surface area (Å²) >= 11 is 0. The number of nitrogens with zero attached hydrogens (tertiary/aromatic N) is 1. The minimum Gasteiger partial charge on any atom is -0.494 e. The van der Waals surface area contributed by atoms with E-state index in [0.717, 1.165) is 19.4 Å². The number of amides is 1. The normalized spacial score (nSPS) is 21.9. The molecule has 0 aromatic heterocycles. The molecule has 8 heteroatoms. The molecule has 150 valence electrons. The summed E-state index contributed by atoms with van der Waals surface area (Å²) in [6.07, 6.45) is 3.22. The third-order valence-electron chi connectivity index (χ3n) is 5.13. The monoisotopic (exact) mass is 396 g/mol.